The number of hydrogen-bond acceptors (Lipinski definition) is 5. The zero-order valence-corrected chi connectivity index (χ0v) is 15.0. The first-order valence-electron chi connectivity index (χ1n) is 8.01. The molecule has 27 heavy (non-hydrogen) atoms. The highest BCUT2D eigenvalue weighted by Crippen LogP contribution is 2.34. The molecule has 0 saturated heterocycles. The fourth-order valence-corrected chi connectivity index (χ4v) is 2.16. The van der Waals surface area contributed by atoms with Crippen LogP contribution in [0.4, 0.5) is 18.0 Å². The molecule has 1 heterocycles. The Bertz CT molecular complexity index is 797. The molecule has 2 aromatic rings. The zero-order valence-electron chi connectivity index (χ0n) is 15.0. The highest BCUT2D eigenvalue weighted by Gasteiger charge is 2.31. The smallest absolute Gasteiger partial charge is 0.507 e. The molecule has 10 heteroatoms. The van der Waals surface area contributed by atoms with Crippen LogP contribution in [-0.2, 0) is 11.3 Å². The third kappa shape index (κ3) is 6.72. The average molecular weight is 387 g/mol. The molecule has 1 aromatic heterocycles. The Morgan fingerprint density at radius 3 is 2.63 bits per heavy atom. The second-order valence-electron chi connectivity index (χ2n) is 6.65. The summed E-state index contributed by atoms with van der Waals surface area (Å²) in [7, 11) is 0. The lowest BCUT2D eigenvalue weighted by atomic mass is 10.1. The number of aromatic hydroxyl groups is 1. The van der Waals surface area contributed by atoms with Crippen LogP contribution in [0.2, 0.25) is 0 Å². The number of alkyl carbamates (subject to hydrolysis) is 1. The molecule has 0 radical (unpaired) electrons. The van der Waals surface area contributed by atoms with Gasteiger partial charge >= 0.3 is 12.5 Å². The number of ether oxygens (including phenoxy) is 2. The van der Waals surface area contributed by atoms with Crippen molar-refractivity contribution >= 4 is 6.09 Å². The summed E-state index contributed by atoms with van der Waals surface area (Å²) >= 11 is 0. The maximum Gasteiger partial charge on any atom is 0.573 e. The number of rotatable bonds is 5. The molecule has 1 amide bonds. The van der Waals surface area contributed by atoms with Crippen LogP contribution >= 0.6 is 0 Å². The Morgan fingerprint density at radius 1 is 1.30 bits per heavy atom. The van der Waals surface area contributed by atoms with Gasteiger partial charge in [-0.05, 0) is 39.0 Å². The normalized spacial score (nSPS) is 11.9. The lowest BCUT2D eigenvalue weighted by Crippen LogP contribution is -2.34. The van der Waals surface area contributed by atoms with E-state index in [0.717, 1.165) is 18.2 Å². The van der Waals surface area contributed by atoms with Gasteiger partial charge in [0.05, 0.1) is 12.7 Å². The largest absolute Gasteiger partial charge is 0.573 e. The summed E-state index contributed by atoms with van der Waals surface area (Å²) in [4.78, 5) is 11.6. The summed E-state index contributed by atoms with van der Waals surface area (Å²) < 4.78 is 47.5. The van der Waals surface area contributed by atoms with Crippen LogP contribution < -0.4 is 10.1 Å². The number of hydrogen-bond donors (Lipinski definition) is 2. The van der Waals surface area contributed by atoms with Crippen molar-refractivity contribution in [3.63, 3.8) is 0 Å². The number of phenolic OH excluding ortho intramolecular Hbond substituents is 1. The minimum atomic E-state index is -4.83. The van der Waals surface area contributed by atoms with E-state index in [4.69, 9.17) is 4.74 Å². The molecular weight excluding hydrogens is 367 g/mol. The number of carbonyl (C=O) groups is 1. The number of carbonyl (C=O) groups excluding carboxylic acids is 1. The van der Waals surface area contributed by atoms with Crippen LogP contribution in [0.3, 0.4) is 0 Å². The minimum Gasteiger partial charge on any atom is -0.507 e. The van der Waals surface area contributed by atoms with Crippen LogP contribution in [0.25, 0.3) is 11.1 Å². The SMILES string of the molecule is CC(C)(C)OC(=O)NCCn1cc(-c2cc(OC(F)(F)F)ccc2O)cn1. The topological polar surface area (TPSA) is 85.6 Å². The molecule has 0 spiro atoms. The molecule has 1 aromatic carbocycles. The number of nitrogens with one attached hydrogen (secondary N) is 1. The highest BCUT2D eigenvalue weighted by atomic mass is 19.4. The van der Waals surface area contributed by atoms with Gasteiger partial charge < -0.3 is 19.9 Å². The lowest BCUT2D eigenvalue weighted by Gasteiger charge is -2.19. The quantitative estimate of drug-likeness (QED) is 0.818. The van der Waals surface area contributed by atoms with Crippen molar-refractivity contribution < 1.29 is 32.5 Å². The number of benzene rings is 1. The molecule has 0 saturated carbocycles. The molecule has 0 atom stereocenters. The third-order valence-electron chi connectivity index (χ3n) is 3.15. The second kappa shape index (κ2) is 7.77. The van der Waals surface area contributed by atoms with Crippen LogP contribution in [0.5, 0.6) is 11.5 Å². The number of phenols is 1. The summed E-state index contributed by atoms with van der Waals surface area (Å²) in [6.45, 7) is 5.78. The van der Waals surface area contributed by atoms with Crippen LogP contribution in [0.15, 0.2) is 30.6 Å². The summed E-state index contributed by atoms with van der Waals surface area (Å²) in [5.41, 5.74) is -0.0650. The van der Waals surface area contributed by atoms with Crippen molar-refractivity contribution in [3.05, 3.63) is 30.6 Å². The Kier molecular flexibility index (Phi) is 5.87. The standard InChI is InChI=1S/C17H20F3N3O4/c1-16(2,3)27-15(25)21-6-7-23-10-11(9-22-23)13-8-12(4-5-14(13)24)26-17(18,19)20/h4-5,8-10,24H,6-7H2,1-3H3,(H,21,25). The van der Waals surface area contributed by atoms with E-state index in [1.165, 1.54) is 17.1 Å². The monoisotopic (exact) mass is 387 g/mol. The number of alkyl halides is 3. The molecule has 2 rings (SSSR count). The predicted molar refractivity (Wildman–Crippen MR) is 90.2 cm³/mol. The third-order valence-corrected chi connectivity index (χ3v) is 3.15. The number of aromatic nitrogens is 2. The van der Waals surface area contributed by atoms with E-state index >= 15 is 0 Å². The average Bonchev–Trinajstić information content (AvgIpc) is 2.94. The van der Waals surface area contributed by atoms with E-state index in [1.807, 2.05) is 0 Å². The molecule has 0 unspecified atom stereocenters. The Hall–Kier alpha value is -2.91. The predicted octanol–water partition coefficient (Wildman–Crippen LogP) is 3.68. The van der Waals surface area contributed by atoms with Crippen LogP contribution in [-0.4, -0.2) is 39.5 Å². The van der Waals surface area contributed by atoms with Crippen molar-refractivity contribution in [3.8, 4) is 22.6 Å². The Labute approximate surface area is 153 Å². The molecule has 0 bridgehead atoms. The molecule has 0 fully saturated rings. The van der Waals surface area contributed by atoms with Gasteiger partial charge in [-0.25, -0.2) is 4.79 Å². The van der Waals surface area contributed by atoms with E-state index in [0.29, 0.717) is 12.1 Å². The molecule has 0 aliphatic rings. The van der Waals surface area contributed by atoms with E-state index in [-0.39, 0.29) is 17.9 Å². The van der Waals surface area contributed by atoms with Gasteiger partial charge in [-0.1, -0.05) is 0 Å². The second-order valence-corrected chi connectivity index (χ2v) is 6.65. The fourth-order valence-electron chi connectivity index (χ4n) is 2.16. The van der Waals surface area contributed by atoms with Crippen LogP contribution in [0.1, 0.15) is 20.8 Å². The minimum absolute atomic E-state index is 0.142. The van der Waals surface area contributed by atoms with Crippen LogP contribution in [0, 0.1) is 0 Å². The van der Waals surface area contributed by atoms with Crippen molar-refractivity contribution in [1.82, 2.24) is 15.1 Å². The number of amides is 1. The lowest BCUT2D eigenvalue weighted by molar-refractivity contribution is -0.274. The highest BCUT2D eigenvalue weighted by molar-refractivity contribution is 5.70. The summed E-state index contributed by atoms with van der Waals surface area (Å²) in [5.74, 6) is -0.661. The van der Waals surface area contributed by atoms with Gasteiger partial charge in [0.1, 0.15) is 17.1 Å². The molecule has 0 aliphatic heterocycles. The summed E-state index contributed by atoms with van der Waals surface area (Å²) in [6.07, 6.45) is -2.47. The molecule has 148 valence electrons. The van der Waals surface area contributed by atoms with Crippen molar-refractivity contribution in [2.24, 2.45) is 0 Å². The van der Waals surface area contributed by atoms with Gasteiger partial charge in [-0.3, -0.25) is 4.68 Å². The van der Waals surface area contributed by atoms with Gasteiger partial charge in [0.2, 0.25) is 0 Å². The van der Waals surface area contributed by atoms with Crippen molar-refractivity contribution in [2.45, 2.75) is 39.3 Å². The molecule has 7 nitrogen and oxygen atoms in total. The van der Waals surface area contributed by atoms with Gasteiger partial charge in [-0.15, -0.1) is 13.2 Å². The molecular formula is C17H20F3N3O4. The van der Waals surface area contributed by atoms with E-state index in [1.54, 1.807) is 20.8 Å². The van der Waals surface area contributed by atoms with E-state index in [9.17, 15) is 23.1 Å². The van der Waals surface area contributed by atoms with E-state index < -0.39 is 23.8 Å². The van der Waals surface area contributed by atoms with Gasteiger partial charge in [-0.2, -0.15) is 5.10 Å². The summed E-state index contributed by atoms with van der Waals surface area (Å²) in [5, 5.41) is 16.5. The first kappa shape index (κ1) is 20.4. The first-order chi connectivity index (χ1) is 12.4. The number of halogens is 3. The summed E-state index contributed by atoms with van der Waals surface area (Å²) in [6, 6.07) is 3.20. The van der Waals surface area contributed by atoms with Crippen molar-refractivity contribution in [1.29, 1.82) is 0 Å². The first-order valence-corrected chi connectivity index (χ1v) is 8.01. The van der Waals surface area contributed by atoms with Crippen molar-refractivity contribution in [2.75, 3.05) is 6.54 Å². The van der Waals surface area contributed by atoms with Gasteiger partial charge in [0, 0.05) is 23.9 Å². The maximum absolute atomic E-state index is 12.3. The Morgan fingerprint density at radius 2 is 2.00 bits per heavy atom. The maximum atomic E-state index is 12.3. The Balaban J connectivity index is 2.01. The molecule has 2 N–H and O–H groups in total. The molecule has 0 aliphatic carbocycles. The zero-order chi connectivity index (χ0) is 20.2. The fraction of sp³-hybridized carbons (Fsp3) is 0.412. The van der Waals surface area contributed by atoms with E-state index in [2.05, 4.69) is 15.2 Å². The van der Waals surface area contributed by atoms with Gasteiger partial charge in [0.15, 0.2) is 0 Å². The number of nitrogens with zero attached hydrogens (tertiary/aromatic N) is 2. The van der Waals surface area contributed by atoms with Gasteiger partial charge in [0.25, 0.3) is 0 Å².